The quantitative estimate of drug-likeness (QED) is 0.823. The summed E-state index contributed by atoms with van der Waals surface area (Å²) >= 11 is 0. The zero-order valence-electron chi connectivity index (χ0n) is 10.7. The molecule has 0 aromatic heterocycles. The van der Waals surface area contributed by atoms with E-state index in [0.29, 0.717) is 6.54 Å². The zero-order valence-corrected chi connectivity index (χ0v) is 10.7. The third-order valence-electron chi connectivity index (χ3n) is 3.12. The van der Waals surface area contributed by atoms with Gasteiger partial charge in [-0.25, -0.2) is 0 Å². The minimum Gasteiger partial charge on any atom is -0.391 e. The molecule has 0 saturated carbocycles. The highest BCUT2D eigenvalue weighted by molar-refractivity contribution is 5.29. The van der Waals surface area contributed by atoms with E-state index in [-0.39, 0.29) is 11.3 Å². The molecular formula is C14H23NO. The van der Waals surface area contributed by atoms with Crippen LogP contribution in [0.3, 0.4) is 0 Å². The van der Waals surface area contributed by atoms with Gasteiger partial charge in [0.15, 0.2) is 0 Å². The lowest BCUT2D eigenvalue weighted by molar-refractivity contribution is 0.157. The first-order valence-electron chi connectivity index (χ1n) is 5.85. The molecule has 2 heteroatoms. The zero-order chi connectivity index (χ0) is 12.3. The number of benzene rings is 1. The Bertz CT molecular complexity index is 324. The molecule has 0 amide bonds. The van der Waals surface area contributed by atoms with Crippen molar-refractivity contribution >= 4 is 0 Å². The molecule has 0 saturated heterocycles. The summed E-state index contributed by atoms with van der Waals surface area (Å²) in [6.45, 7) is 8.90. The summed E-state index contributed by atoms with van der Waals surface area (Å²) in [5.74, 6) is 0.0963. The van der Waals surface area contributed by atoms with E-state index in [2.05, 4.69) is 45.0 Å². The predicted octanol–water partition coefficient (Wildman–Crippen LogP) is 2.41. The highest BCUT2D eigenvalue weighted by Gasteiger charge is 2.17. The summed E-state index contributed by atoms with van der Waals surface area (Å²) in [5, 5.41) is 9.68. The highest BCUT2D eigenvalue weighted by Crippen LogP contribution is 2.25. The van der Waals surface area contributed by atoms with Gasteiger partial charge >= 0.3 is 0 Å². The van der Waals surface area contributed by atoms with Gasteiger partial charge in [-0.15, -0.1) is 0 Å². The number of hydrogen-bond donors (Lipinski definition) is 2. The van der Waals surface area contributed by atoms with E-state index in [9.17, 15) is 5.11 Å². The van der Waals surface area contributed by atoms with Gasteiger partial charge < -0.3 is 10.8 Å². The minimum absolute atomic E-state index is 0.0963. The standard InChI is InChI=1S/C14H23NO/c1-10(13(16)9-15)11-5-7-12(8-6-11)14(2,3)4/h5-8,10,13,16H,9,15H2,1-4H3. The van der Waals surface area contributed by atoms with Crippen molar-refractivity contribution in [1.82, 2.24) is 0 Å². The van der Waals surface area contributed by atoms with Crippen molar-refractivity contribution in [2.24, 2.45) is 5.73 Å². The molecule has 1 aromatic carbocycles. The lowest BCUT2D eigenvalue weighted by atomic mass is 9.85. The van der Waals surface area contributed by atoms with Crippen LogP contribution in [0.15, 0.2) is 24.3 Å². The molecule has 0 heterocycles. The summed E-state index contributed by atoms with van der Waals surface area (Å²) in [6.07, 6.45) is -0.458. The van der Waals surface area contributed by atoms with Gasteiger partial charge in [-0.05, 0) is 16.5 Å². The first kappa shape index (κ1) is 13.2. The van der Waals surface area contributed by atoms with Gasteiger partial charge in [0.05, 0.1) is 6.10 Å². The lowest BCUT2D eigenvalue weighted by Gasteiger charge is -2.21. The molecule has 90 valence electrons. The van der Waals surface area contributed by atoms with E-state index < -0.39 is 6.10 Å². The van der Waals surface area contributed by atoms with Crippen molar-refractivity contribution in [2.75, 3.05) is 6.54 Å². The normalized spacial score (nSPS) is 15.9. The van der Waals surface area contributed by atoms with E-state index >= 15 is 0 Å². The van der Waals surface area contributed by atoms with Gasteiger partial charge in [0, 0.05) is 12.5 Å². The molecule has 0 fully saturated rings. The predicted molar refractivity (Wildman–Crippen MR) is 68.6 cm³/mol. The Labute approximate surface area is 98.5 Å². The largest absolute Gasteiger partial charge is 0.391 e. The van der Waals surface area contributed by atoms with E-state index in [1.807, 2.05) is 6.92 Å². The maximum absolute atomic E-state index is 9.68. The van der Waals surface area contributed by atoms with Crippen LogP contribution in [0.1, 0.15) is 44.7 Å². The van der Waals surface area contributed by atoms with Gasteiger partial charge in [-0.3, -0.25) is 0 Å². The van der Waals surface area contributed by atoms with Crippen LogP contribution in [-0.4, -0.2) is 17.8 Å². The van der Waals surface area contributed by atoms with Crippen LogP contribution >= 0.6 is 0 Å². The summed E-state index contributed by atoms with van der Waals surface area (Å²) in [6, 6.07) is 8.44. The maximum atomic E-state index is 9.68. The summed E-state index contributed by atoms with van der Waals surface area (Å²) < 4.78 is 0. The minimum atomic E-state index is -0.458. The van der Waals surface area contributed by atoms with Gasteiger partial charge in [-0.2, -0.15) is 0 Å². The Kier molecular flexibility index (Phi) is 4.11. The number of hydrogen-bond acceptors (Lipinski definition) is 2. The average Bonchev–Trinajstić information content (AvgIpc) is 2.26. The number of nitrogens with two attached hydrogens (primary N) is 1. The fourth-order valence-corrected chi connectivity index (χ4v) is 1.71. The number of rotatable bonds is 3. The van der Waals surface area contributed by atoms with Crippen molar-refractivity contribution in [1.29, 1.82) is 0 Å². The lowest BCUT2D eigenvalue weighted by Crippen LogP contribution is -2.25. The molecule has 2 atom stereocenters. The van der Waals surface area contributed by atoms with Gasteiger partial charge in [0.2, 0.25) is 0 Å². The van der Waals surface area contributed by atoms with Crippen LogP contribution in [0.2, 0.25) is 0 Å². The monoisotopic (exact) mass is 221 g/mol. The molecule has 0 aliphatic carbocycles. The van der Waals surface area contributed by atoms with E-state index in [4.69, 9.17) is 5.73 Å². The first-order valence-corrected chi connectivity index (χ1v) is 5.85. The molecule has 1 aromatic rings. The molecule has 0 bridgehead atoms. The molecule has 0 aliphatic rings. The molecule has 0 aliphatic heterocycles. The second kappa shape index (κ2) is 4.98. The average molecular weight is 221 g/mol. The van der Waals surface area contributed by atoms with Crippen LogP contribution in [0, 0.1) is 0 Å². The van der Waals surface area contributed by atoms with Gasteiger partial charge in [-0.1, -0.05) is 52.0 Å². The van der Waals surface area contributed by atoms with Crippen molar-refractivity contribution in [2.45, 2.75) is 45.1 Å². The molecule has 2 unspecified atom stereocenters. The topological polar surface area (TPSA) is 46.2 Å². The number of aliphatic hydroxyl groups excluding tert-OH is 1. The number of aliphatic hydroxyl groups is 1. The van der Waals surface area contributed by atoms with Crippen molar-refractivity contribution in [3.05, 3.63) is 35.4 Å². The Morgan fingerprint density at radius 1 is 1.19 bits per heavy atom. The Hall–Kier alpha value is -0.860. The van der Waals surface area contributed by atoms with Crippen LogP contribution < -0.4 is 5.73 Å². The van der Waals surface area contributed by atoms with Crippen LogP contribution in [0.25, 0.3) is 0 Å². The Morgan fingerprint density at radius 3 is 2.06 bits per heavy atom. The van der Waals surface area contributed by atoms with Gasteiger partial charge in [0.25, 0.3) is 0 Å². The van der Waals surface area contributed by atoms with Gasteiger partial charge in [0.1, 0.15) is 0 Å². The van der Waals surface area contributed by atoms with Crippen LogP contribution in [-0.2, 0) is 5.41 Å². The second-order valence-corrected chi connectivity index (χ2v) is 5.46. The summed E-state index contributed by atoms with van der Waals surface area (Å²) in [5.41, 5.74) is 8.09. The second-order valence-electron chi connectivity index (χ2n) is 5.46. The molecule has 2 nitrogen and oxygen atoms in total. The smallest absolute Gasteiger partial charge is 0.0728 e. The maximum Gasteiger partial charge on any atom is 0.0728 e. The SMILES string of the molecule is CC(c1ccc(C(C)(C)C)cc1)C(O)CN. The molecular weight excluding hydrogens is 198 g/mol. The third-order valence-corrected chi connectivity index (χ3v) is 3.12. The summed E-state index contributed by atoms with van der Waals surface area (Å²) in [7, 11) is 0. The molecule has 16 heavy (non-hydrogen) atoms. The fraction of sp³-hybridized carbons (Fsp3) is 0.571. The fourth-order valence-electron chi connectivity index (χ4n) is 1.71. The molecule has 1 rings (SSSR count). The van der Waals surface area contributed by atoms with E-state index in [1.165, 1.54) is 5.56 Å². The van der Waals surface area contributed by atoms with Crippen LogP contribution in [0.4, 0.5) is 0 Å². The Morgan fingerprint density at radius 2 is 1.69 bits per heavy atom. The van der Waals surface area contributed by atoms with Crippen molar-refractivity contribution in [3.63, 3.8) is 0 Å². The molecule has 0 spiro atoms. The third kappa shape index (κ3) is 3.06. The molecule has 0 radical (unpaired) electrons. The molecule has 3 N–H and O–H groups in total. The Balaban J connectivity index is 2.87. The van der Waals surface area contributed by atoms with Crippen molar-refractivity contribution in [3.8, 4) is 0 Å². The van der Waals surface area contributed by atoms with Crippen molar-refractivity contribution < 1.29 is 5.11 Å². The summed E-state index contributed by atoms with van der Waals surface area (Å²) in [4.78, 5) is 0. The van der Waals surface area contributed by atoms with E-state index in [1.54, 1.807) is 0 Å². The van der Waals surface area contributed by atoms with Crippen LogP contribution in [0.5, 0.6) is 0 Å². The highest BCUT2D eigenvalue weighted by atomic mass is 16.3. The first-order chi connectivity index (χ1) is 7.36. The van der Waals surface area contributed by atoms with E-state index in [0.717, 1.165) is 5.56 Å².